The Bertz CT molecular complexity index is 1070. The highest BCUT2D eigenvalue weighted by Crippen LogP contribution is 2.22. The van der Waals surface area contributed by atoms with E-state index in [4.69, 9.17) is 13.7 Å². The SMILES string of the molecule is Cc1cc(C[C@@H]2COC[C@@H]2NC(=O)Nc2ccc3c(C)cc(=O)oc3c2)on1. The molecule has 1 fully saturated rings. The number of urea groups is 1. The van der Waals surface area contributed by atoms with E-state index < -0.39 is 5.63 Å². The largest absolute Gasteiger partial charge is 0.423 e. The highest BCUT2D eigenvalue weighted by Gasteiger charge is 2.30. The zero-order valence-electron chi connectivity index (χ0n) is 15.7. The van der Waals surface area contributed by atoms with Crippen molar-refractivity contribution in [1.29, 1.82) is 0 Å². The van der Waals surface area contributed by atoms with Gasteiger partial charge < -0.3 is 24.3 Å². The molecule has 2 N–H and O–H groups in total. The Kier molecular flexibility index (Phi) is 4.87. The third kappa shape index (κ3) is 3.91. The van der Waals surface area contributed by atoms with Crippen molar-refractivity contribution in [2.75, 3.05) is 18.5 Å². The van der Waals surface area contributed by atoms with E-state index in [1.807, 2.05) is 26.0 Å². The fourth-order valence-electron chi connectivity index (χ4n) is 3.47. The van der Waals surface area contributed by atoms with Gasteiger partial charge in [-0.25, -0.2) is 9.59 Å². The summed E-state index contributed by atoms with van der Waals surface area (Å²) in [6.45, 7) is 4.70. The molecule has 1 aliphatic rings. The van der Waals surface area contributed by atoms with E-state index in [0.717, 1.165) is 22.4 Å². The number of anilines is 1. The van der Waals surface area contributed by atoms with Gasteiger partial charge >= 0.3 is 11.7 Å². The molecule has 3 aromatic rings. The molecule has 0 unspecified atom stereocenters. The van der Waals surface area contributed by atoms with Crippen LogP contribution in [0.5, 0.6) is 0 Å². The number of fused-ring (bicyclic) bond motifs is 1. The van der Waals surface area contributed by atoms with E-state index in [9.17, 15) is 9.59 Å². The van der Waals surface area contributed by atoms with Crippen LogP contribution in [0.1, 0.15) is 17.0 Å². The van der Waals surface area contributed by atoms with Crippen LogP contribution < -0.4 is 16.3 Å². The summed E-state index contributed by atoms with van der Waals surface area (Å²) < 4.78 is 16.0. The molecule has 28 heavy (non-hydrogen) atoms. The number of rotatable bonds is 4. The van der Waals surface area contributed by atoms with Gasteiger partial charge in [0.15, 0.2) is 0 Å². The highest BCUT2D eigenvalue weighted by molar-refractivity contribution is 5.92. The lowest BCUT2D eigenvalue weighted by Crippen LogP contribution is -2.42. The molecule has 0 aliphatic carbocycles. The zero-order chi connectivity index (χ0) is 19.7. The van der Waals surface area contributed by atoms with E-state index in [0.29, 0.717) is 30.9 Å². The minimum Gasteiger partial charge on any atom is -0.423 e. The summed E-state index contributed by atoms with van der Waals surface area (Å²) >= 11 is 0. The van der Waals surface area contributed by atoms with E-state index in [-0.39, 0.29) is 18.0 Å². The lowest BCUT2D eigenvalue weighted by Gasteiger charge is -2.18. The molecule has 0 saturated carbocycles. The summed E-state index contributed by atoms with van der Waals surface area (Å²) in [5, 5.41) is 10.5. The highest BCUT2D eigenvalue weighted by atomic mass is 16.5. The average Bonchev–Trinajstić information content (AvgIpc) is 3.23. The third-order valence-corrected chi connectivity index (χ3v) is 4.86. The van der Waals surface area contributed by atoms with Crippen LogP contribution in [-0.4, -0.2) is 30.4 Å². The van der Waals surface area contributed by atoms with Gasteiger partial charge in [-0.1, -0.05) is 5.16 Å². The van der Waals surface area contributed by atoms with Crippen LogP contribution in [0.4, 0.5) is 10.5 Å². The fraction of sp³-hybridized carbons (Fsp3) is 0.350. The van der Waals surface area contributed by atoms with E-state index in [1.54, 1.807) is 12.1 Å². The second-order valence-corrected chi connectivity index (χ2v) is 7.10. The Hall–Kier alpha value is -3.13. The first-order chi connectivity index (χ1) is 13.5. The van der Waals surface area contributed by atoms with Crippen molar-refractivity contribution in [3.05, 3.63) is 57.8 Å². The van der Waals surface area contributed by atoms with Crippen LogP contribution in [0.3, 0.4) is 0 Å². The molecule has 146 valence electrons. The monoisotopic (exact) mass is 383 g/mol. The lowest BCUT2D eigenvalue weighted by molar-refractivity contribution is 0.181. The van der Waals surface area contributed by atoms with E-state index in [2.05, 4.69) is 15.8 Å². The van der Waals surface area contributed by atoms with Crippen LogP contribution in [0.25, 0.3) is 11.0 Å². The quantitative estimate of drug-likeness (QED) is 0.671. The number of nitrogens with one attached hydrogen (secondary N) is 2. The van der Waals surface area contributed by atoms with Gasteiger partial charge in [0.25, 0.3) is 0 Å². The van der Waals surface area contributed by atoms with Gasteiger partial charge in [0, 0.05) is 41.6 Å². The third-order valence-electron chi connectivity index (χ3n) is 4.86. The summed E-state index contributed by atoms with van der Waals surface area (Å²) in [4.78, 5) is 24.0. The minimum absolute atomic E-state index is 0.107. The van der Waals surface area contributed by atoms with Crippen molar-refractivity contribution in [3.8, 4) is 0 Å². The molecule has 2 amide bonds. The maximum atomic E-state index is 12.4. The summed E-state index contributed by atoms with van der Waals surface area (Å²) in [6, 6.07) is 8.09. The first-order valence-electron chi connectivity index (χ1n) is 9.10. The van der Waals surface area contributed by atoms with Gasteiger partial charge in [0.2, 0.25) is 0 Å². The van der Waals surface area contributed by atoms with Crippen LogP contribution in [-0.2, 0) is 11.2 Å². The number of carbonyl (C=O) groups excluding carboxylic acids is 1. The summed E-state index contributed by atoms with van der Waals surface area (Å²) in [7, 11) is 0. The van der Waals surface area contributed by atoms with Crippen molar-refractivity contribution >= 4 is 22.7 Å². The molecule has 8 heteroatoms. The molecule has 1 aromatic carbocycles. The standard InChI is InChI=1S/C20H21N3O5/c1-11-5-19(24)27-18-8-14(3-4-16(11)18)21-20(25)22-17-10-26-9-13(17)7-15-6-12(2)23-28-15/h3-6,8,13,17H,7,9-10H2,1-2H3,(H2,21,22,25)/t13-,17+/m1/s1. The smallest absolute Gasteiger partial charge is 0.336 e. The van der Waals surface area contributed by atoms with Gasteiger partial charge in [-0.3, -0.25) is 0 Å². The molecule has 0 radical (unpaired) electrons. The number of ether oxygens (including phenoxy) is 1. The lowest BCUT2D eigenvalue weighted by atomic mass is 9.98. The molecule has 2 aromatic heterocycles. The predicted octanol–water partition coefficient (Wildman–Crippen LogP) is 2.78. The zero-order valence-corrected chi connectivity index (χ0v) is 15.7. The Morgan fingerprint density at radius 2 is 2.07 bits per heavy atom. The number of nitrogens with zero attached hydrogens (tertiary/aromatic N) is 1. The van der Waals surface area contributed by atoms with Gasteiger partial charge in [0.1, 0.15) is 11.3 Å². The number of aromatic nitrogens is 1. The molecule has 1 saturated heterocycles. The summed E-state index contributed by atoms with van der Waals surface area (Å²) in [6.07, 6.45) is 0.645. The maximum Gasteiger partial charge on any atom is 0.336 e. The van der Waals surface area contributed by atoms with Crippen molar-refractivity contribution in [1.82, 2.24) is 10.5 Å². The Labute approximate surface area is 160 Å². The van der Waals surface area contributed by atoms with Crippen molar-refractivity contribution < 1.29 is 18.5 Å². The van der Waals surface area contributed by atoms with Crippen LogP contribution in [0.15, 0.2) is 44.1 Å². The number of aryl methyl sites for hydroxylation is 2. The van der Waals surface area contributed by atoms with Crippen molar-refractivity contribution in [3.63, 3.8) is 0 Å². The van der Waals surface area contributed by atoms with E-state index in [1.165, 1.54) is 6.07 Å². The predicted molar refractivity (Wildman–Crippen MR) is 102 cm³/mol. The molecule has 2 atom stereocenters. The second kappa shape index (κ2) is 7.47. The van der Waals surface area contributed by atoms with Gasteiger partial charge in [-0.05, 0) is 31.5 Å². The molecule has 8 nitrogen and oxygen atoms in total. The maximum absolute atomic E-state index is 12.4. The molecule has 0 bridgehead atoms. The van der Waals surface area contributed by atoms with E-state index >= 15 is 0 Å². The summed E-state index contributed by atoms with van der Waals surface area (Å²) in [5.74, 6) is 0.885. The Morgan fingerprint density at radius 1 is 1.21 bits per heavy atom. The average molecular weight is 383 g/mol. The topological polar surface area (TPSA) is 107 Å². The van der Waals surface area contributed by atoms with Crippen molar-refractivity contribution in [2.45, 2.75) is 26.3 Å². The Balaban J connectivity index is 1.42. The summed E-state index contributed by atoms with van der Waals surface area (Å²) in [5.41, 5.74) is 2.22. The minimum atomic E-state index is -0.416. The van der Waals surface area contributed by atoms with Crippen molar-refractivity contribution in [2.24, 2.45) is 5.92 Å². The van der Waals surface area contributed by atoms with Gasteiger partial charge in [-0.15, -0.1) is 0 Å². The Morgan fingerprint density at radius 3 is 2.86 bits per heavy atom. The number of hydrogen-bond donors (Lipinski definition) is 2. The fourth-order valence-corrected chi connectivity index (χ4v) is 3.47. The van der Waals surface area contributed by atoms with Gasteiger partial charge in [0.05, 0.1) is 24.9 Å². The number of hydrogen-bond acceptors (Lipinski definition) is 6. The first kappa shape index (κ1) is 18.2. The second-order valence-electron chi connectivity index (χ2n) is 7.10. The number of amides is 2. The molecule has 4 rings (SSSR count). The number of carbonyl (C=O) groups is 1. The molecule has 3 heterocycles. The van der Waals surface area contributed by atoms with Crippen LogP contribution in [0.2, 0.25) is 0 Å². The molecule has 1 aliphatic heterocycles. The van der Waals surface area contributed by atoms with Gasteiger partial charge in [-0.2, -0.15) is 0 Å². The normalized spacial score (nSPS) is 19.1. The molecular weight excluding hydrogens is 362 g/mol. The number of benzene rings is 1. The van der Waals surface area contributed by atoms with Crippen LogP contribution in [0, 0.1) is 19.8 Å². The molecule has 0 spiro atoms. The first-order valence-corrected chi connectivity index (χ1v) is 9.10. The van der Waals surface area contributed by atoms with Crippen LogP contribution >= 0.6 is 0 Å². The molecular formula is C20H21N3O5.